The summed E-state index contributed by atoms with van der Waals surface area (Å²) in [4.78, 5) is 87.7. The molecule has 0 aliphatic carbocycles. The van der Waals surface area contributed by atoms with Crippen LogP contribution in [0.15, 0.2) is 54.6 Å². The van der Waals surface area contributed by atoms with Gasteiger partial charge in [0.2, 0.25) is 31.3 Å². The van der Waals surface area contributed by atoms with Gasteiger partial charge in [-0.15, -0.1) is 11.3 Å². The fourth-order valence-corrected chi connectivity index (χ4v) is 10.3. The zero-order chi connectivity index (χ0) is 48.2. The first kappa shape index (κ1) is 51.8. The van der Waals surface area contributed by atoms with Gasteiger partial charge in [0.1, 0.15) is 12.1 Å². The monoisotopic (exact) mass is 962 g/mol. The molecule has 3 atom stereocenters. The van der Waals surface area contributed by atoms with Crippen molar-refractivity contribution in [3.63, 3.8) is 0 Å². The number of hydrogen-bond donors (Lipinski definition) is 1. The van der Waals surface area contributed by atoms with E-state index in [1.807, 2.05) is 33.8 Å². The third-order valence-electron chi connectivity index (χ3n) is 11.4. The van der Waals surface area contributed by atoms with Crippen molar-refractivity contribution in [3.05, 3.63) is 65.0 Å². The minimum Gasteiger partial charge on any atom is -0.422 e. The lowest BCUT2D eigenvalue weighted by Gasteiger charge is -2.39. The summed E-state index contributed by atoms with van der Waals surface area (Å²) in [5.74, 6) is -1.85. The molecule has 6 amide bonds. The largest absolute Gasteiger partial charge is 0.422 e. The molecule has 3 heterocycles. The van der Waals surface area contributed by atoms with E-state index in [1.165, 1.54) is 43.6 Å². The van der Waals surface area contributed by atoms with Crippen LogP contribution in [0.25, 0.3) is 10.1 Å². The fraction of sp³-hybridized carbons (Fsp3) is 0.556. The van der Waals surface area contributed by atoms with E-state index in [0.29, 0.717) is 88.1 Å². The molecule has 1 aromatic heterocycles. The van der Waals surface area contributed by atoms with Gasteiger partial charge in [-0.05, 0) is 80.7 Å². The molecule has 3 aromatic rings. The lowest BCUT2D eigenvalue weighted by molar-refractivity contribution is -0.144. The fourth-order valence-electron chi connectivity index (χ4n) is 8.09. The summed E-state index contributed by atoms with van der Waals surface area (Å²) in [5, 5.41) is 2.89. The maximum Gasteiger partial charge on any atom is 0.411 e. The molecule has 21 heteroatoms. The summed E-state index contributed by atoms with van der Waals surface area (Å²) in [6.07, 6.45) is 1.97. The molecule has 66 heavy (non-hydrogen) atoms. The van der Waals surface area contributed by atoms with Crippen LogP contribution in [0.1, 0.15) is 94.8 Å². The zero-order valence-electron chi connectivity index (χ0n) is 38.4. The number of likely N-dealkylation sites (N-methyl/N-ethyl adjacent to an activating group) is 1. The lowest BCUT2D eigenvalue weighted by atomic mass is 10.1. The average molecular weight is 963 g/mol. The molecule has 0 bridgehead atoms. The molecule has 0 unspecified atom stereocenters. The van der Waals surface area contributed by atoms with Crippen LogP contribution >= 0.6 is 18.9 Å². The Morgan fingerprint density at radius 3 is 1.95 bits per heavy atom. The Balaban J connectivity index is 1.38. The Hall–Kier alpha value is -5.17. The van der Waals surface area contributed by atoms with Gasteiger partial charge in [-0.3, -0.25) is 32.8 Å². The van der Waals surface area contributed by atoms with Crippen LogP contribution in [0.3, 0.4) is 0 Å². The Labute approximate surface area is 388 Å². The third-order valence-corrected chi connectivity index (χ3v) is 14.4. The number of carbonyl (C=O) groups is 6. The third kappa shape index (κ3) is 12.2. The molecule has 0 saturated carbocycles. The Morgan fingerprint density at radius 1 is 0.833 bits per heavy atom. The molecule has 362 valence electrons. The van der Waals surface area contributed by atoms with E-state index in [4.69, 9.17) is 18.5 Å². The molecule has 2 aromatic carbocycles. The highest BCUT2D eigenvalue weighted by atomic mass is 32.1. The van der Waals surface area contributed by atoms with Gasteiger partial charge < -0.3 is 39.3 Å². The number of amides is 6. The molecular formula is C45H61F2N6O11PS. The number of anilines is 1. The molecule has 2 aliphatic heterocycles. The molecule has 0 spiro atoms. The van der Waals surface area contributed by atoms with E-state index in [0.717, 1.165) is 23.5 Å². The van der Waals surface area contributed by atoms with Crippen LogP contribution in [-0.2, 0) is 43.1 Å². The number of halogens is 2. The minimum atomic E-state index is -5.67. The highest BCUT2D eigenvalue weighted by Gasteiger charge is 2.56. The number of para-hydroxylation sites is 1. The molecular weight excluding hydrogens is 902 g/mol. The quantitative estimate of drug-likeness (QED) is 0.0856. The summed E-state index contributed by atoms with van der Waals surface area (Å²) in [5.41, 5.74) is -4.61. The number of thiophene rings is 1. The van der Waals surface area contributed by atoms with Crippen molar-refractivity contribution < 1.29 is 60.6 Å². The minimum absolute atomic E-state index is 0.0334. The zero-order valence-corrected chi connectivity index (χ0v) is 40.1. The Morgan fingerprint density at radius 2 is 1.41 bits per heavy atom. The number of nitrogens with zero attached hydrogens (tertiary/aromatic N) is 5. The van der Waals surface area contributed by atoms with Gasteiger partial charge in [0.05, 0.1) is 4.88 Å². The van der Waals surface area contributed by atoms with E-state index in [-0.39, 0.29) is 34.7 Å². The molecule has 2 saturated heterocycles. The number of rotatable bonds is 20. The van der Waals surface area contributed by atoms with Crippen LogP contribution < -0.4 is 10.2 Å². The van der Waals surface area contributed by atoms with Gasteiger partial charge in [-0.1, -0.05) is 52.0 Å². The first-order chi connectivity index (χ1) is 31.5. The number of carbonyl (C=O) groups excluding carboxylic acids is 6. The predicted octanol–water partition coefficient (Wildman–Crippen LogP) is 7.98. The average Bonchev–Trinajstić information content (AvgIpc) is 3.93. The van der Waals surface area contributed by atoms with Crippen molar-refractivity contribution in [1.29, 1.82) is 0 Å². The van der Waals surface area contributed by atoms with Crippen LogP contribution in [0.4, 0.5) is 24.1 Å². The standard InChI is InChI=1S/C45H61F2N6O11PS/c1-7-21-50(22-8-2)43(58)61-29-63-65(60,64-30-62-44(59)51(23-9-3)24-10-4)45(46,47)33-16-19-38-32(26-33)27-39(66-38)40(55)48-36-28-52(31(5)54)25-20-35-17-18-37(53(35)41(36)56)42(57)49(6)34-14-12-11-13-15-34/h11-16,19,26-27,35-37H,7-10,17-18,20-25,28-30H2,1-6H3,(H,48,55)/t35-,36+,37+/m0/s1. The molecule has 17 nitrogen and oxygen atoms in total. The summed E-state index contributed by atoms with van der Waals surface area (Å²) < 4.78 is 68.2. The summed E-state index contributed by atoms with van der Waals surface area (Å²) >= 11 is 0.941. The maximum atomic E-state index is 16.6. The van der Waals surface area contributed by atoms with E-state index < -0.39 is 68.5 Å². The second kappa shape index (κ2) is 23.5. The van der Waals surface area contributed by atoms with Gasteiger partial charge in [0.25, 0.3) is 5.91 Å². The van der Waals surface area contributed by atoms with Crippen molar-refractivity contribution >= 4 is 70.5 Å². The van der Waals surface area contributed by atoms with E-state index in [2.05, 4.69) is 5.32 Å². The van der Waals surface area contributed by atoms with Crippen molar-refractivity contribution in [2.45, 2.75) is 103 Å². The number of alkyl halides is 2. The van der Waals surface area contributed by atoms with Crippen molar-refractivity contribution in [1.82, 2.24) is 24.9 Å². The van der Waals surface area contributed by atoms with Gasteiger partial charge in [-0.2, -0.15) is 8.78 Å². The van der Waals surface area contributed by atoms with E-state index in [9.17, 15) is 33.3 Å². The number of benzene rings is 2. The van der Waals surface area contributed by atoms with E-state index >= 15 is 8.78 Å². The first-order valence-electron chi connectivity index (χ1n) is 22.4. The highest BCUT2D eigenvalue weighted by Crippen LogP contribution is 2.67. The van der Waals surface area contributed by atoms with E-state index in [1.54, 1.807) is 31.3 Å². The normalized spacial score (nSPS) is 17.7. The van der Waals surface area contributed by atoms with Gasteiger partial charge in [-0.25, -0.2) is 9.59 Å². The second-order valence-electron chi connectivity index (χ2n) is 16.2. The number of nitrogens with one attached hydrogen (secondary N) is 1. The lowest BCUT2D eigenvalue weighted by Crippen LogP contribution is -2.61. The number of ether oxygens (including phenoxy) is 2. The van der Waals surface area contributed by atoms with Crippen LogP contribution in [0, 0.1) is 0 Å². The first-order valence-corrected chi connectivity index (χ1v) is 24.7. The molecule has 1 N–H and O–H groups in total. The topological polar surface area (TPSA) is 185 Å². The summed E-state index contributed by atoms with van der Waals surface area (Å²) in [6.45, 7) is 7.80. The molecule has 2 fully saturated rings. The highest BCUT2D eigenvalue weighted by molar-refractivity contribution is 7.54. The Kier molecular flexibility index (Phi) is 18.5. The van der Waals surface area contributed by atoms with Crippen LogP contribution in [0.5, 0.6) is 0 Å². The van der Waals surface area contributed by atoms with Crippen molar-refractivity contribution in [2.75, 3.05) is 64.8 Å². The van der Waals surface area contributed by atoms with Crippen LogP contribution in [0.2, 0.25) is 0 Å². The maximum absolute atomic E-state index is 16.6. The van der Waals surface area contributed by atoms with Gasteiger partial charge in [0.15, 0.2) is 0 Å². The second-order valence-corrected chi connectivity index (χ2v) is 19.4. The summed E-state index contributed by atoms with van der Waals surface area (Å²) in [6, 6.07) is 11.2. The van der Waals surface area contributed by atoms with Gasteiger partial charge >= 0.3 is 25.4 Å². The molecule has 5 rings (SSSR count). The molecule has 0 radical (unpaired) electrons. The number of fused-ring (bicyclic) bond motifs is 2. The molecule has 2 aliphatic rings. The predicted molar refractivity (Wildman–Crippen MR) is 244 cm³/mol. The van der Waals surface area contributed by atoms with Crippen molar-refractivity contribution in [2.24, 2.45) is 0 Å². The van der Waals surface area contributed by atoms with Gasteiger partial charge in [0, 0.05) is 75.2 Å². The SMILES string of the molecule is CCCN(CCC)C(=O)OCOP(=O)(OCOC(=O)N(CCC)CCC)C(F)(F)c1ccc2sc(C(=O)N[C@@H]3CN(C(C)=O)CC[C@@H]4CC[C@H](C(=O)N(C)c5ccccc5)N4C3=O)cc2c1. The Bertz CT molecular complexity index is 2190. The van der Waals surface area contributed by atoms with Crippen molar-refractivity contribution in [3.8, 4) is 0 Å². The van der Waals surface area contributed by atoms with Crippen LogP contribution in [-0.4, -0.2) is 133 Å². The number of hydrogen-bond acceptors (Lipinski definition) is 12. The summed E-state index contributed by atoms with van der Waals surface area (Å²) in [7, 11) is -4.03. The smallest absolute Gasteiger partial charge is 0.411 e.